The molecule has 0 aliphatic heterocycles. The van der Waals surface area contributed by atoms with E-state index < -0.39 is 17.9 Å². The molecule has 0 bridgehead atoms. The number of ether oxygens (including phenoxy) is 1. The van der Waals surface area contributed by atoms with Gasteiger partial charge in [-0.1, -0.05) is 6.92 Å². The van der Waals surface area contributed by atoms with E-state index in [1.165, 1.54) is 6.92 Å². The van der Waals surface area contributed by atoms with Crippen LogP contribution in [0.3, 0.4) is 0 Å². The molecule has 0 amide bonds. The Hall–Kier alpha value is -1.39. The fourth-order valence-electron chi connectivity index (χ4n) is 1.12. The quantitative estimate of drug-likeness (QED) is 0.528. The van der Waals surface area contributed by atoms with E-state index >= 15 is 0 Å². The van der Waals surface area contributed by atoms with Gasteiger partial charge < -0.3 is 9.84 Å². The van der Waals surface area contributed by atoms with Crippen molar-refractivity contribution in [3.63, 3.8) is 0 Å². The van der Waals surface area contributed by atoms with Crippen molar-refractivity contribution in [3.8, 4) is 0 Å². The van der Waals surface area contributed by atoms with Gasteiger partial charge in [0.25, 0.3) is 0 Å². The summed E-state index contributed by atoms with van der Waals surface area (Å²) in [5, 5.41) is 8.49. The summed E-state index contributed by atoms with van der Waals surface area (Å²) >= 11 is 0. The molecule has 2 atom stereocenters. The SMILES string of the molecule is CCC(C)OC(=O)C(CCC(=O)O)C(C)=O. The predicted molar refractivity (Wildman–Crippen MR) is 56.9 cm³/mol. The van der Waals surface area contributed by atoms with Crippen LogP contribution in [0.15, 0.2) is 0 Å². The first-order chi connectivity index (χ1) is 7.38. The minimum absolute atomic E-state index is 0.0000652. The van der Waals surface area contributed by atoms with E-state index in [0.717, 1.165) is 0 Å². The van der Waals surface area contributed by atoms with Crippen molar-refractivity contribution in [1.82, 2.24) is 0 Å². The first-order valence-corrected chi connectivity index (χ1v) is 5.31. The summed E-state index contributed by atoms with van der Waals surface area (Å²) in [6, 6.07) is 0. The molecule has 0 aliphatic rings. The zero-order valence-electron chi connectivity index (χ0n) is 9.86. The second-order valence-corrected chi connectivity index (χ2v) is 3.75. The summed E-state index contributed by atoms with van der Waals surface area (Å²) < 4.78 is 5.00. The lowest BCUT2D eigenvalue weighted by Gasteiger charge is -2.16. The van der Waals surface area contributed by atoms with Crippen LogP contribution in [0, 0.1) is 5.92 Å². The van der Waals surface area contributed by atoms with E-state index in [1.807, 2.05) is 6.92 Å². The maximum atomic E-state index is 11.5. The fraction of sp³-hybridized carbons (Fsp3) is 0.727. The van der Waals surface area contributed by atoms with Crippen LogP contribution in [0.2, 0.25) is 0 Å². The summed E-state index contributed by atoms with van der Waals surface area (Å²) in [5.74, 6) is -2.95. The van der Waals surface area contributed by atoms with Crippen LogP contribution in [0.5, 0.6) is 0 Å². The van der Waals surface area contributed by atoms with Gasteiger partial charge in [0, 0.05) is 6.42 Å². The van der Waals surface area contributed by atoms with E-state index in [2.05, 4.69) is 0 Å². The maximum Gasteiger partial charge on any atom is 0.316 e. The molecule has 2 unspecified atom stereocenters. The van der Waals surface area contributed by atoms with Gasteiger partial charge in [0.1, 0.15) is 11.7 Å². The first kappa shape index (κ1) is 14.6. The molecule has 0 radical (unpaired) electrons. The van der Waals surface area contributed by atoms with Gasteiger partial charge in [0.2, 0.25) is 0 Å². The lowest BCUT2D eigenvalue weighted by molar-refractivity contribution is -0.156. The van der Waals surface area contributed by atoms with Crippen LogP contribution in [-0.2, 0) is 19.1 Å². The van der Waals surface area contributed by atoms with Gasteiger partial charge in [-0.3, -0.25) is 14.4 Å². The van der Waals surface area contributed by atoms with Crippen LogP contribution in [0.1, 0.15) is 40.0 Å². The highest BCUT2D eigenvalue weighted by Crippen LogP contribution is 2.12. The molecule has 1 N–H and O–H groups in total. The lowest BCUT2D eigenvalue weighted by Crippen LogP contribution is -2.27. The lowest BCUT2D eigenvalue weighted by atomic mass is 9.99. The molecular formula is C11H18O5. The number of aliphatic carboxylic acids is 1. The number of carboxylic acid groups (broad SMARTS) is 1. The van der Waals surface area contributed by atoms with Crippen molar-refractivity contribution in [3.05, 3.63) is 0 Å². The van der Waals surface area contributed by atoms with Gasteiger partial charge in [-0.05, 0) is 26.7 Å². The summed E-state index contributed by atoms with van der Waals surface area (Å²) in [4.78, 5) is 33.1. The Labute approximate surface area is 94.8 Å². The van der Waals surface area contributed by atoms with Crippen molar-refractivity contribution in [1.29, 1.82) is 0 Å². The van der Waals surface area contributed by atoms with E-state index in [-0.39, 0.29) is 24.7 Å². The number of carbonyl (C=O) groups excluding carboxylic acids is 2. The number of ketones is 1. The molecule has 0 saturated heterocycles. The molecule has 0 aromatic carbocycles. The van der Waals surface area contributed by atoms with Crippen molar-refractivity contribution < 1.29 is 24.2 Å². The Bertz CT molecular complexity index is 272. The zero-order chi connectivity index (χ0) is 12.7. The third-order valence-corrected chi connectivity index (χ3v) is 2.31. The normalized spacial score (nSPS) is 13.9. The molecule has 92 valence electrons. The van der Waals surface area contributed by atoms with Gasteiger partial charge in [0.05, 0.1) is 6.10 Å². The Balaban J connectivity index is 4.35. The molecular weight excluding hydrogens is 212 g/mol. The first-order valence-electron chi connectivity index (χ1n) is 5.31. The molecule has 16 heavy (non-hydrogen) atoms. The molecule has 5 nitrogen and oxygen atoms in total. The van der Waals surface area contributed by atoms with Crippen LogP contribution in [0.4, 0.5) is 0 Å². The van der Waals surface area contributed by atoms with E-state index in [1.54, 1.807) is 6.92 Å². The maximum absolute atomic E-state index is 11.5. The number of esters is 1. The van der Waals surface area contributed by atoms with Crippen LogP contribution >= 0.6 is 0 Å². The third-order valence-electron chi connectivity index (χ3n) is 2.31. The van der Waals surface area contributed by atoms with Crippen molar-refractivity contribution in [2.45, 2.75) is 46.1 Å². The molecule has 0 rings (SSSR count). The summed E-state index contributed by atoms with van der Waals surface area (Å²) in [6.07, 6.45) is 0.203. The molecule has 0 heterocycles. The van der Waals surface area contributed by atoms with Gasteiger partial charge in [0.15, 0.2) is 0 Å². The Morgan fingerprint density at radius 3 is 2.25 bits per heavy atom. The Morgan fingerprint density at radius 1 is 1.31 bits per heavy atom. The predicted octanol–water partition coefficient (Wildman–Crippen LogP) is 1.40. The minimum Gasteiger partial charge on any atom is -0.481 e. The van der Waals surface area contributed by atoms with Gasteiger partial charge in [-0.25, -0.2) is 0 Å². The highest BCUT2D eigenvalue weighted by Gasteiger charge is 2.26. The van der Waals surface area contributed by atoms with Crippen LogP contribution in [-0.4, -0.2) is 28.9 Å². The van der Waals surface area contributed by atoms with Gasteiger partial charge in [-0.15, -0.1) is 0 Å². The second kappa shape index (κ2) is 6.98. The van der Waals surface area contributed by atoms with E-state index in [9.17, 15) is 14.4 Å². The standard InChI is InChI=1S/C11H18O5/c1-4-7(2)16-11(15)9(8(3)12)5-6-10(13)14/h7,9H,4-6H2,1-3H3,(H,13,14). The molecule has 0 fully saturated rings. The Kier molecular flexibility index (Phi) is 6.37. The number of hydrogen-bond donors (Lipinski definition) is 1. The van der Waals surface area contributed by atoms with Crippen molar-refractivity contribution in [2.24, 2.45) is 5.92 Å². The zero-order valence-corrected chi connectivity index (χ0v) is 9.86. The highest BCUT2D eigenvalue weighted by atomic mass is 16.5. The molecule has 0 saturated carbocycles. The van der Waals surface area contributed by atoms with E-state index in [0.29, 0.717) is 6.42 Å². The number of carbonyl (C=O) groups is 3. The second-order valence-electron chi connectivity index (χ2n) is 3.75. The van der Waals surface area contributed by atoms with Gasteiger partial charge >= 0.3 is 11.9 Å². The molecule has 0 aromatic rings. The van der Waals surface area contributed by atoms with Gasteiger partial charge in [-0.2, -0.15) is 0 Å². The summed E-state index contributed by atoms with van der Waals surface area (Å²) in [5.41, 5.74) is 0. The summed E-state index contributed by atoms with van der Waals surface area (Å²) in [6.45, 7) is 4.86. The molecule has 0 aliphatic carbocycles. The number of hydrogen-bond acceptors (Lipinski definition) is 4. The fourth-order valence-corrected chi connectivity index (χ4v) is 1.12. The topological polar surface area (TPSA) is 80.7 Å². The third kappa shape index (κ3) is 5.48. The number of carboxylic acids is 1. The number of rotatable bonds is 7. The van der Waals surface area contributed by atoms with Crippen molar-refractivity contribution >= 4 is 17.7 Å². The van der Waals surface area contributed by atoms with E-state index in [4.69, 9.17) is 9.84 Å². The van der Waals surface area contributed by atoms with Crippen LogP contribution in [0.25, 0.3) is 0 Å². The minimum atomic E-state index is -1.03. The van der Waals surface area contributed by atoms with Crippen LogP contribution < -0.4 is 0 Å². The summed E-state index contributed by atoms with van der Waals surface area (Å²) in [7, 11) is 0. The smallest absolute Gasteiger partial charge is 0.316 e. The monoisotopic (exact) mass is 230 g/mol. The molecule has 0 spiro atoms. The average Bonchev–Trinajstić information content (AvgIpc) is 2.16. The number of Topliss-reactive ketones (excluding diaryl/α,β-unsaturated/α-hetero) is 1. The molecule has 5 heteroatoms. The highest BCUT2D eigenvalue weighted by molar-refractivity contribution is 5.98. The average molecular weight is 230 g/mol. The largest absolute Gasteiger partial charge is 0.481 e. The van der Waals surface area contributed by atoms with Crippen molar-refractivity contribution in [2.75, 3.05) is 0 Å². The molecule has 0 aromatic heterocycles. The Morgan fingerprint density at radius 2 is 1.88 bits per heavy atom.